The molecule has 3 aromatic heterocycles. The molecule has 5 N–H and O–H groups in total. The summed E-state index contributed by atoms with van der Waals surface area (Å²) in [7, 11) is 0. The zero-order chi connectivity index (χ0) is 24.9. The van der Waals surface area contributed by atoms with E-state index in [1.807, 2.05) is 53.3 Å². The number of para-hydroxylation sites is 1. The Balaban J connectivity index is 1.35. The van der Waals surface area contributed by atoms with E-state index in [0.29, 0.717) is 25.3 Å². The summed E-state index contributed by atoms with van der Waals surface area (Å²) in [5.41, 5.74) is 16.3. The Morgan fingerprint density at radius 1 is 0.972 bits per heavy atom. The third-order valence-electron chi connectivity index (χ3n) is 6.28. The number of aromatic amines is 1. The summed E-state index contributed by atoms with van der Waals surface area (Å²) in [5, 5.41) is 9.31. The van der Waals surface area contributed by atoms with Gasteiger partial charge >= 0.3 is 5.69 Å². The highest BCUT2D eigenvalue weighted by molar-refractivity contribution is 5.76. The maximum atomic E-state index is 12.8. The highest BCUT2D eigenvalue weighted by Crippen LogP contribution is 2.17. The summed E-state index contributed by atoms with van der Waals surface area (Å²) in [4.78, 5) is 22.7. The van der Waals surface area contributed by atoms with E-state index in [1.165, 1.54) is 5.56 Å². The average Bonchev–Trinajstić information content (AvgIpc) is 3.49. The van der Waals surface area contributed by atoms with Gasteiger partial charge in [-0.1, -0.05) is 29.5 Å². The topological polar surface area (TPSA) is 137 Å². The van der Waals surface area contributed by atoms with Crippen LogP contribution in [0.15, 0.2) is 65.6 Å². The van der Waals surface area contributed by atoms with Gasteiger partial charge < -0.3 is 16.5 Å². The second-order valence-electron chi connectivity index (χ2n) is 8.95. The van der Waals surface area contributed by atoms with E-state index in [-0.39, 0.29) is 5.69 Å². The van der Waals surface area contributed by atoms with Crippen LogP contribution in [0.1, 0.15) is 24.1 Å². The maximum Gasteiger partial charge on any atom is 0.354 e. The van der Waals surface area contributed by atoms with Gasteiger partial charge in [0.05, 0.1) is 17.7 Å². The fourth-order valence-corrected chi connectivity index (χ4v) is 4.44. The summed E-state index contributed by atoms with van der Waals surface area (Å²) >= 11 is 0. The Bertz CT molecular complexity index is 1490. The van der Waals surface area contributed by atoms with Gasteiger partial charge in [0.25, 0.3) is 0 Å². The summed E-state index contributed by atoms with van der Waals surface area (Å²) < 4.78 is 3.41. The number of aromatic nitrogens is 6. The first kappa shape index (κ1) is 23.9. The van der Waals surface area contributed by atoms with Crippen LogP contribution < -0.4 is 17.2 Å². The zero-order valence-corrected chi connectivity index (χ0v) is 20.2. The molecule has 0 aliphatic heterocycles. The minimum Gasteiger partial charge on any atom is -0.341 e. The van der Waals surface area contributed by atoms with E-state index in [4.69, 9.17) is 11.5 Å². The number of H-pyrrole nitrogens is 1. The zero-order valence-electron chi connectivity index (χ0n) is 20.2. The Morgan fingerprint density at radius 3 is 2.47 bits per heavy atom. The molecule has 0 spiro atoms. The van der Waals surface area contributed by atoms with Crippen molar-refractivity contribution < 1.29 is 0 Å². The van der Waals surface area contributed by atoms with Crippen molar-refractivity contribution in [2.45, 2.75) is 25.9 Å². The molecule has 0 unspecified atom stereocenters. The van der Waals surface area contributed by atoms with Gasteiger partial charge in [0.2, 0.25) is 0 Å². The van der Waals surface area contributed by atoms with Crippen LogP contribution in [-0.4, -0.2) is 60.6 Å². The maximum absolute atomic E-state index is 12.8. The molecule has 3 heterocycles. The van der Waals surface area contributed by atoms with Gasteiger partial charge in [-0.2, -0.15) is 4.98 Å². The van der Waals surface area contributed by atoms with Crippen molar-refractivity contribution in [1.29, 1.82) is 0 Å². The number of nitrogens with one attached hydrogen (secondary N) is 1. The third kappa shape index (κ3) is 5.20. The lowest BCUT2D eigenvalue weighted by atomic mass is 10.1. The van der Waals surface area contributed by atoms with Gasteiger partial charge in [-0.05, 0) is 74.9 Å². The van der Waals surface area contributed by atoms with Gasteiger partial charge in [0.1, 0.15) is 11.2 Å². The van der Waals surface area contributed by atoms with Crippen molar-refractivity contribution in [3.63, 3.8) is 0 Å². The molecule has 5 rings (SSSR count). The van der Waals surface area contributed by atoms with Crippen LogP contribution >= 0.6 is 0 Å². The van der Waals surface area contributed by atoms with Crippen LogP contribution in [0.5, 0.6) is 0 Å². The lowest BCUT2D eigenvalue weighted by Crippen LogP contribution is -2.28. The van der Waals surface area contributed by atoms with Gasteiger partial charge in [-0.15, -0.1) is 5.10 Å². The predicted octanol–water partition coefficient (Wildman–Crippen LogP) is 2.01. The fraction of sp³-hybridized carbons (Fsp3) is 0.308. The lowest BCUT2D eigenvalue weighted by molar-refractivity contribution is 0.262. The van der Waals surface area contributed by atoms with Gasteiger partial charge in [0, 0.05) is 23.8 Å². The number of nitrogens with zero attached hydrogens (tertiary/aromatic N) is 6. The Kier molecular flexibility index (Phi) is 7.17. The molecule has 186 valence electrons. The van der Waals surface area contributed by atoms with Gasteiger partial charge in [0.15, 0.2) is 0 Å². The highest BCUT2D eigenvalue weighted by Gasteiger charge is 2.11. The molecule has 0 aliphatic carbocycles. The Hall–Kier alpha value is -3.86. The molecule has 10 heteroatoms. The van der Waals surface area contributed by atoms with E-state index in [1.54, 1.807) is 4.57 Å². The first-order valence-electron chi connectivity index (χ1n) is 12.3. The first-order valence-corrected chi connectivity index (χ1v) is 12.3. The van der Waals surface area contributed by atoms with Crippen molar-refractivity contribution in [3.8, 4) is 5.69 Å². The second-order valence-corrected chi connectivity index (χ2v) is 8.95. The monoisotopic (exact) mass is 485 g/mol. The second kappa shape index (κ2) is 10.8. The number of benzene rings is 2. The van der Waals surface area contributed by atoms with E-state index in [9.17, 15) is 4.79 Å². The standard InChI is InChI=1S/C26H31N9O/c27-11-3-13-33(14-4-12-28)16-19-7-9-22(10-8-19)34-17-20-15-21(29-25(20)30-26(34)36)18-35-24-6-2-1-5-23(24)31-32-35/h1-2,5-10,15,17H,3-4,11-14,16,18,27-28H2,(H,29,30,36). The molecular weight excluding hydrogens is 454 g/mol. The number of rotatable bonds is 11. The molecular formula is C26H31N9O. The van der Waals surface area contributed by atoms with Crippen LogP contribution in [0.25, 0.3) is 27.8 Å². The number of nitrogens with two attached hydrogens (primary N) is 2. The summed E-state index contributed by atoms with van der Waals surface area (Å²) in [6.45, 7) is 4.56. The molecule has 2 aromatic carbocycles. The van der Waals surface area contributed by atoms with E-state index >= 15 is 0 Å². The van der Waals surface area contributed by atoms with Gasteiger partial charge in [-0.3, -0.25) is 9.47 Å². The predicted molar refractivity (Wildman–Crippen MR) is 141 cm³/mol. The summed E-state index contributed by atoms with van der Waals surface area (Å²) in [6, 6.07) is 17.9. The molecule has 0 amide bonds. The first-order chi connectivity index (χ1) is 17.6. The van der Waals surface area contributed by atoms with Crippen LogP contribution in [0, 0.1) is 0 Å². The summed E-state index contributed by atoms with van der Waals surface area (Å²) in [6.07, 6.45) is 3.74. The molecule has 0 atom stereocenters. The van der Waals surface area contributed by atoms with E-state index in [2.05, 4.69) is 37.3 Å². The molecule has 0 fully saturated rings. The van der Waals surface area contributed by atoms with Crippen molar-refractivity contribution in [1.82, 2.24) is 34.4 Å². The number of hydrogen-bond acceptors (Lipinski definition) is 7. The van der Waals surface area contributed by atoms with Crippen molar-refractivity contribution in [2.75, 3.05) is 26.2 Å². The normalized spacial score (nSPS) is 11.8. The largest absolute Gasteiger partial charge is 0.354 e. The molecule has 5 aromatic rings. The molecule has 0 aliphatic rings. The molecule has 0 radical (unpaired) electrons. The third-order valence-corrected chi connectivity index (χ3v) is 6.28. The molecule has 36 heavy (non-hydrogen) atoms. The quantitative estimate of drug-likeness (QED) is 0.260. The number of hydrogen-bond donors (Lipinski definition) is 3. The molecule has 0 saturated heterocycles. The molecule has 0 bridgehead atoms. The minimum atomic E-state index is -0.331. The van der Waals surface area contributed by atoms with E-state index < -0.39 is 0 Å². The number of fused-ring (bicyclic) bond motifs is 2. The summed E-state index contributed by atoms with van der Waals surface area (Å²) in [5.74, 6) is 0. The van der Waals surface area contributed by atoms with Crippen LogP contribution in [0.2, 0.25) is 0 Å². The molecule has 10 nitrogen and oxygen atoms in total. The average molecular weight is 486 g/mol. The van der Waals surface area contributed by atoms with Gasteiger partial charge in [-0.25, -0.2) is 9.48 Å². The fourth-order valence-electron chi connectivity index (χ4n) is 4.44. The van der Waals surface area contributed by atoms with Crippen LogP contribution in [0.4, 0.5) is 0 Å². The van der Waals surface area contributed by atoms with Crippen molar-refractivity contribution >= 4 is 22.1 Å². The SMILES string of the molecule is NCCCN(CCCN)Cc1ccc(-n2cc3cc(Cn4nnc5ccccc54)[nH]c3nc2=O)cc1. The highest BCUT2D eigenvalue weighted by atomic mass is 16.1. The minimum absolute atomic E-state index is 0.331. The smallest absolute Gasteiger partial charge is 0.341 e. The van der Waals surface area contributed by atoms with Crippen LogP contribution in [0.3, 0.4) is 0 Å². The Labute approximate surface area is 208 Å². The molecule has 0 saturated carbocycles. The van der Waals surface area contributed by atoms with E-state index in [0.717, 1.165) is 60.3 Å². The van der Waals surface area contributed by atoms with Crippen molar-refractivity contribution in [2.24, 2.45) is 11.5 Å². The lowest BCUT2D eigenvalue weighted by Gasteiger charge is -2.22. The Morgan fingerprint density at radius 2 is 1.72 bits per heavy atom. The van der Waals surface area contributed by atoms with Crippen molar-refractivity contribution in [3.05, 3.63) is 82.5 Å². The van der Waals surface area contributed by atoms with Crippen LogP contribution in [-0.2, 0) is 13.1 Å².